The van der Waals surface area contributed by atoms with Crippen molar-refractivity contribution in [2.45, 2.75) is 6.61 Å². The highest BCUT2D eigenvalue weighted by molar-refractivity contribution is 6.31. The Morgan fingerprint density at radius 3 is 2.31 bits per heavy atom. The van der Waals surface area contributed by atoms with E-state index in [2.05, 4.69) is 0 Å². The van der Waals surface area contributed by atoms with E-state index in [4.69, 9.17) is 27.2 Å². The Hall–Kier alpha value is -1.75. The number of hydrogen-bond donors (Lipinski definition) is 1. The van der Waals surface area contributed by atoms with Crippen LogP contribution in [0.15, 0.2) is 18.2 Å². The number of benzene rings is 1. The van der Waals surface area contributed by atoms with Gasteiger partial charge in [0.1, 0.15) is 13.1 Å². The number of nitriles is 2. The third-order valence-corrected chi connectivity index (χ3v) is 2.45. The van der Waals surface area contributed by atoms with Gasteiger partial charge in [-0.15, -0.1) is 0 Å². The average Bonchev–Trinajstić information content (AvgIpc) is 2.28. The lowest BCUT2D eigenvalue weighted by Crippen LogP contribution is -2.23. The Morgan fingerprint density at radius 1 is 1.25 bits per heavy atom. The molecule has 0 aliphatic heterocycles. The van der Waals surface area contributed by atoms with Gasteiger partial charge >= 0.3 is 0 Å². The average molecular weight is 236 g/mol. The fraction of sp³-hybridized carbons (Fsp3) is 0.273. The Labute approximate surface area is 98.9 Å². The fourth-order valence-corrected chi connectivity index (χ4v) is 1.50. The largest absolute Gasteiger partial charge is 0.392 e. The highest BCUT2D eigenvalue weighted by atomic mass is 35.5. The number of aliphatic hydroxyl groups excluding tert-OH is 1. The fourth-order valence-electron chi connectivity index (χ4n) is 1.27. The molecular weight excluding hydrogens is 226 g/mol. The predicted molar refractivity (Wildman–Crippen MR) is 60.8 cm³/mol. The molecule has 0 heterocycles. The van der Waals surface area contributed by atoms with Gasteiger partial charge in [-0.25, -0.2) is 0 Å². The van der Waals surface area contributed by atoms with Crippen molar-refractivity contribution in [3.63, 3.8) is 0 Å². The molecule has 16 heavy (non-hydrogen) atoms. The summed E-state index contributed by atoms with van der Waals surface area (Å²) in [7, 11) is 0. The zero-order valence-electron chi connectivity index (χ0n) is 8.52. The van der Waals surface area contributed by atoms with Crippen LogP contribution in [0.2, 0.25) is 5.02 Å². The minimum absolute atomic E-state index is 0.127. The minimum atomic E-state index is -0.129. The van der Waals surface area contributed by atoms with E-state index >= 15 is 0 Å². The van der Waals surface area contributed by atoms with Crippen LogP contribution in [0.3, 0.4) is 0 Å². The van der Waals surface area contributed by atoms with Crippen molar-refractivity contribution in [1.82, 2.24) is 0 Å². The molecule has 0 bridgehead atoms. The molecule has 0 atom stereocenters. The van der Waals surface area contributed by atoms with Crippen molar-refractivity contribution in [3.8, 4) is 12.1 Å². The van der Waals surface area contributed by atoms with Crippen molar-refractivity contribution in [2.75, 3.05) is 18.0 Å². The first-order chi connectivity index (χ1) is 7.72. The molecule has 0 saturated heterocycles. The molecule has 4 nitrogen and oxygen atoms in total. The second kappa shape index (κ2) is 5.97. The molecular formula is C11H10ClN3O. The van der Waals surface area contributed by atoms with Gasteiger partial charge in [0.2, 0.25) is 0 Å². The Kier molecular flexibility index (Phi) is 4.60. The molecule has 1 aromatic rings. The van der Waals surface area contributed by atoms with Gasteiger partial charge in [-0.05, 0) is 17.7 Å². The second-order valence-electron chi connectivity index (χ2n) is 3.11. The van der Waals surface area contributed by atoms with E-state index in [1.165, 1.54) is 0 Å². The molecule has 0 aliphatic carbocycles. The van der Waals surface area contributed by atoms with Crippen LogP contribution in [-0.2, 0) is 6.61 Å². The molecule has 0 fully saturated rings. The first-order valence-corrected chi connectivity index (χ1v) is 4.99. The second-order valence-corrected chi connectivity index (χ2v) is 3.51. The van der Waals surface area contributed by atoms with Crippen LogP contribution in [0.25, 0.3) is 0 Å². The van der Waals surface area contributed by atoms with Gasteiger partial charge in [0.05, 0.1) is 18.7 Å². The highest BCUT2D eigenvalue weighted by Crippen LogP contribution is 2.23. The summed E-state index contributed by atoms with van der Waals surface area (Å²) in [5.74, 6) is 0. The van der Waals surface area contributed by atoms with Crippen molar-refractivity contribution in [1.29, 1.82) is 10.5 Å². The lowest BCUT2D eigenvalue weighted by molar-refractivity contribution is 0.282. The smallest absolute Gasteiger partial charge is 0.106 e. The van der Waals surface area contributed by atoms with Crippen LogP contribution in [0, 0.1) is 22.7 Å². The van der Waals surface area contributed by atoms with Gasteiger partial charge in [-0.1, -0.05) is 17.7 Å². The summed E-state index contributed by atoms with van der Waals surface area (Å²) in [4.78, 5) is 1.60. The van der Waals surface area contributed by atoms with Crippen LogP contribution in [0.4, 0.5) is 5.69 Å². The maximum atomic E-state index is 8.95. The molecule has 0 spiro atoms. The summed E-state index contributed by atoms with van der Waals surface area (Å²) in [5, 5.41) is 26.6. The quantitative estimate of drug-likeness (QED) is 0.806. The van der Waals surface area contributed by atoms with E-state index in [9.17, 15) is 0 Å². The van der Waals surface area contributed by atoms with Gasteiger partial charge in [0.25, 0.3) is 0 Å². The molecule has 0 amide bonds. The van der Waals surface area contributed by atoms with E-state index < -0.39 is 0 Å². The molecule has 0 radical (unpaired) electrons. The SMILES string of the molecule is N#CCN(CC#N)c1ccc(CO)c(Cl)c1. The van der Waals surface area contributed by atoms with Gasteiger partial charge in [-0.2, -0.15) is 10.5 Å². The van der Waals surface area contributed by atoms with E-state index in [1.807, 2.05) is 12.1 Å². The number of aliphatic hydroxyl groups is 1. The Balaban J connectivity index is 2.98. The number of hydrogen-bond acceptors (Lipinski definition) is 4. The molecule has 82 valence electrons. The summed E-state index contributed by atoms with van der Waals surface area (Å²) >= 11 is 5.92. The number of halogens is 1. The molecule has 0 aliphatic rings. The lowest BCUT2D eigenvalue weighted by Gasteiger charge is -2.18. The number of anilines is 1. The van der Waals surface area contributed by atoms with E-state index in [-0.39, 0.29) is 19.7 Å². The van der Waals surface area contributed by atoms with Gasteiger partial charge in [-0.3, -0.25) is 0 Å². The number of rotatable bonds is 4. The van der Waals surface area contributed by atoms with E-state index in [0.29, 0.717) is 16.3 Å². The molecule has 1 N–H and O–H groups in total. The van der Waals surface area contributed by atoms with E-state index in [0.717, 1.165) is 0 Å². The van der Waals surface area contributed by atoms with Gasteiger partial charge < -0.3 is 10.0 Å². The van der Waals surface area contributed by atoms with Crippen LogP contribution < -0.4 is 4.90 Å². The van der Waals surface area contributed by atoms with Crippen molar-refractivity contribution in [2.24, 2.45) is 0 Å². The van der Waals surface area contributed by atoms with Gasteiger partial charge in [0, 0.05) is 10.7 Å². The van der Waals surface area contributed by atoms with Crippen molar-refractivity contribution in [3.05, 3.63) is 28.8 Å². The van der Waals surface area contributed by atoms with Crippen LogP contribution in [0.1, 0.15) is 5.56 Å². The molecule has 0 saturated carbocycles. The molecule has 0 aromatic heterocycles. The maximum Gasteiger partial charge on any atom is 0.106 e. The summed E-state index contributed by atoms with van der Waals surface area (Å²) in [6.45, 7) is 0.125. The molecule has 1 aromatic carbocycles. The normalized spacial score (nSPS) is 9.25. The first kappa shape index (κ1) is 12.3. The van der Waals surface area contributed by atoms with Crippen LogP contribution in [-0.4, -0.2) is 18.2 Å². The van der Waals surface area contributed by atoms with E-state index in [1.54, 1.807) is 23.1 Å². The standard InChI is InChI=1S/C11H10ClN3O/c12-11-7-10(2-1-9(11)8-16)15(5-3-13)6-4-14/h1-2,7,16H,5-6,8H2. The Bertz CT molecular complexity index is 432. The summed E-state index contributed by atoms with van der Waals surface area (Å²) in [6.07, 6.45) is 0. The first-order valence-electron chi connectivity index (χ1n) is 4.61. The molecule has 5 heteroatoms. The third-order valence-electron chi connectivity index (χ3n) is 2.10. The predicted octanol–water partition coefficient (Wildman–Crippen LogP) is 1.69. The topological polar surface area (TPSA) is 71.0 Å². The maximum absolute atomic E-state index is 8.95. The van der Waals surface area contributed by atoms with Crippen molar-refractivity contribution >= 4 is 17.3 Å². The Morgan fingerprint density at radius 2 is 1.88 bits per heavy atom. The summed E-state index contributed by atoms with van der Waals surface area (Å²) in [6, 6.07) is 9.01. The summed E-state index contributed by atoms with van der Waals surface area (Å²) < 4.78 is 0. The molecule has 1 rings (SSSR count). The van der Waals surface area contributed by atoms with Crippen molar-refractivity contribution < 1.29 is 5.11 Å². The highest BCUT2D eigenvalue weighted by Gasteiger charge is 2.07. The minimum Gasteiger partial charge on any atom is -0.392 e. The van der Waals surface area contributed by atoms with Crippen LogP contribution >= 0.6 is 11.6 Å². The summed E-state index contributed by atoms with van der Waals surface area (Å²) in [5.41, 5.74) is 1.32. The third kappa shape index (κ3) is 2.87. The van der Waals surface area contributed by atoms with Gasteiger partial charge in [0.15, 0.2) is 0 Å². The molecule has 0 unspecified atom stereocenters. The lowest BCUT2D eigenvalue weighted by atomic mass is 10.2. The number of nitrogens with zero attached hydrogens (tertiary/aromatic N) is 3. The monoisotopic (exact) mass is 235 g/mol. The zero-order chi connectivity index (χ0) is 12.0. The zero-order valence-corrected chi connectivity index (χ0v) is 9.28. The van der Waals surface area contributed by atoms with Crippen LogP contribution in [0.5, 0.6) is 0 Å².